The summed E-state index contributed by atoms with van der Waals surface area (Å²) in [5.41, 5.74) is 12.3. The molecule has 112 valence electrons. The van der Waals surface area contributed by atoms with E-state index < -0.39 is 12.0 Å². The van der Waals surface area contributed by atoms with Crippen molar-refractivity contribution < 1.29 is 14.3 Å². The second-order valence-electron chi connectivity index (χ2n) is 4.76. The Morgan fingerprint density at radius 3 is 2.50 bits per heavy atom. The molecule has 0 bridgehead atoms. The first-order valence-electron chi connectivity index (χ1n) is 6.90. The van der Waals surface area contributed by atoms with Crippen molar-refractivity contribution in [3.63, 3.8) is 0 Å². The summed E-state index contributed by atoms with van der Waals surface area (Å²) < 4.78 is 10.9. The van der Waals surface area contributed by atoms with Crippen LogP contribution in [-0.2, 0) is 11.2 Å². The number of carbonyl (C=O) groups is 1. The summed E-state index contributed by atoms with van der Waals surface area (Å²) in [6, 6.07) is 5.59. The van der Waals surface area contributed by atoms with Gasteiger partial charge in [0, 0.05) is 12.1 Å². The van der Waals surface area contributed by atoms with Gasteiger partial charge in [-0.15, -0.1) is 0 Å². The number of nitrogens with two attached hydrogens (primary N) is 2. The number of rotatable bonds is 8. The molecule has 5 nitrogen and oxygen atoms in total. The number of methoxy groups -OCH3 is 1. The topological polar surface area (TPSA) is 87.6 Å². The normalized spacial score (nSPS) is 13.6. The first kappa shape index (κ1) is 16.3. The Balaban J connectivity index is 3.02. The summed E-state index contributed by atoms with van der Waals surface area (Å²) in [6.07, 6.45) is 1.44. The summed E-state index contributed by atoms with van der Waals surface area (Å²) in [4.78, 5) is 11.3. The maximum Gasteiger partial charge on any atom is 0.258 e. The van der Waals surface area contributed by atoms with Crippen molar-refractivity contribution in [2.75, 3.05) is 7.11 Å². The third-order valence-electron chi connectivity index (χ3n) is 3.24. The van der Waals surface area contributed by atoms with Crippen LogP contribution >= 0.6 is 0 Å². The van der Waals surface area contributed by atoms with E-state index in [1.165, 1.54) is 0 Å². The highest BCUT2D eigenvalue weighted by Crippen LogP contribution is 2.27. The zero-order chi connectivity index (χ0) is 15.1. The van der Waals surface area contributed by atoms with E-state index >= 15 is 0 Å². The van der Waals surface area contributed by atoms with Crippen LogP contribution in [0.5, 0.6) is 11.5 Å². The number of primary amides is 1. The molecule has 1 amide bonds. The van der Waals surface area contributed by atoms with Crippen LogP contribution < -0.4 is 20.9 Å². The van der Waals surface area contributed by atoms with Crippen LogP contribution in [0.3, 0.4) is 0 Å². The molecule has 0 aliphatic heterocycles. The zero-order valence-corrected chi connectivity index (χ0v) is 12.4. The van der Waals surface area contributed by atoms with Gasteiger partial charge in [-0.2, -0.15) is 0 Å². The Hall–Kier alpha value is -1.75. The fraction of sp³-hybridized carbons (Fsp3) is 0.533. The summed E-state index contributed by atoms with van der Waals surface area (Å²) in [6.45, 7) is 3.89. The van der Waals surface area contributed by atoms with Crippen molar-refractivity contribution in [2.24, 2.45) is 11.5 Å². The van der Waals surface area contributed by atoms with Crippen molar-refractivity contribution in [2.45, 2.75) is 45.3 Å². The Labute approximate surface area is 120 Å². The number of hydrogen-bond acceptors (Lipinski definition) is 4. The van der Waals surface area contributed by atoms with Gasteiger partial charge in [0.1, 0.15) is 11.5 Å². The van der Waals surface area contributed by atoms with Crippen molar-refractivity contribution in [1.82, 2.24) is 0 Å². The van der Waals surface area contributed by atoms with Crippen molar-refractivity contribution in [3.8, 4) is 11.5 Å². The summed E-state index contributed by atoms with van der Waals surface area (Å²) in [5, 5.41) is 0. The predicted octanol–water partition coefficient (Wildman–Crippen LogP) is 1.62. The van der Waals surface area contributed by atoms with Gasteiger partial charge in [0.2, 0.25) is 0 Å². The van der Waals surface area contributed by atoms with Gasteiger partial charge >= 0.3 is 0 Å². The molecule has 1 rings (SSSR count). The van der Waals surface area contributed by atoms with Gasteiger partial charge in [-0.25, -0.2) is 0 Å². The lowest BCUT2D eigenvalue weighted by atomic mass is 10.0. The van der Waals surface area contributed by atoms with Crippen LogP contribution in [0.25, 0.3) is 0 Å². The quantitative estimate of drug-likeness (QED) is 0.757. The van der Waals surface area contributed by atoms with Crippen molar-refractivity contribution in [3.05, 3.63) is 23.8 Å². The van der Waals surface area contributed by atoms with E-state index in [1.54, 1.807) is 13.2 Å². The van der Waals surface area contributed by atoms with Crippen LogP contribution in [0, 0.1) is 0 Å². The molecule has 2 unspecified atom stereocenters. The monoisotopic (exact) mass is 280 g/mol. The summed E-state index contributed by atoms with van der Waals surface area (Å²) in [7, 11) is 1.59. The van der Waals surface area contributed by atoms with Crippen molar-refractivity contribution >= 4 is 5.91 Å². The van der Waals surface area contributed by atoms with Crippen LogP contribution in [0.15, 0.2) is 18.2 Å². The van der Waals surface area contributed by atoms with Gasteiger partial charge in [0.05, 0.1) is 7.11 Å². The van der Waals surface area contributed by atoms with Gasteiger partial charge in [-0.1, -0.05) is 19.9 Å². The fourth-order valence-corrected chi connectivity index (χ4v) is 1.86. The Bertz CT molecular complexity index is 449. The molecule has 0 radical (unpaired) electrons. The molecular formula is C15H24N2O3. The van der Waals surface area contributed by atoms with Crippen LogP contribution in [-0.4, -0.2) is 25.2 Å². The highest BCUT2D eigenvalue weighted by molar-refractivity contribution is 5.79. The third-order valence-corrected chi connectivity index (χ3v) is 3.24. The maximum absolute atomic E-state index is 11.3. The summed E-state index contributed by atoms with van der Waals surface area (Å²) >= 11 is 0. The van der Waals surface area contributed by atoms with E-state index in [0.717, 1.165) is 12.0 Å². The van der Waals surface area contributed by atoms with E-state index in [9.17, 15) is 4.79 Å². The number of ether oxygens (including phenoxy) is 2. The van der Waals surface area contributed by atoms with Gasteiger partial charge in [0.25, 0.3) is 5.91 Å². The smallest absolute Gasteiger partial charge is 0.258 e. The Morgan fingerprint density at radius 1 is 1.30 bits per heavy atom. The van der Waals surface area contributed by atoms with Gasteiger partial charge < -0.3 is 20.9 Å². The summed E-state index contributed by atoms with van der Waals surface area (Å²) in [5.74, 6) is 0.813. The minimum Gasteiger partial charge on any atom is -0.497 e. The molecule has 0 heterocycles. The van der Waals surface area contributed by atoms with E-state index in [4.69, 9.17) is 20.9 Å². The lowest BCUT2D eigenvalue weighted by Crippen LogP contribution is -2.33. The van der Waals surface area contributed by atoms with Gasteiger partial charge in [0.15, 0.2) is 6.10 Å². The first-order valence-corrected chi connectivity index (χ1v) is 6.90. The molecule has 20 heavy (non-hydrogen) atoms. The van der Waals surface area contributed by atoms with Crippen LogP contribution in [0.1, 0.15) is 32.3 Å². The average Bonchev–Trinajstić information content (AvgIpc) is 2.45. The molecule has 0 aliphatic carbocycles. The predicted molar refractivity (Wildman–Crippen MR) is 78.9 cm³/mol. The van der Waals surface area contributed by atoms with E-state index in [1.807, 2.05) is 26.0 Å². The first-order chi connectivity index (χ1) is 9.51. The number of benzene rings is 1. The van der Waals surface area contributed by atoms with Gasteiger partial charge in [-0.05, 0) is 30.9 Å². The minimum absolute atomic E-state index is 0.0550. The van der Waals surface area contributed by atoms with E-state index in [0.29, 0.717) is 24.3 Å². The molecule has 0 spiro atoms. The number of amides is 1. The largest absolute Gasteiger partial charge is 0.497 e. The highest BCUT2D eigenvalue weighted by atomic mass is 16.5. The van der Waals surface area contributed by atoms with E-state index in [-0.39, 0.29) is 6.04 Å². The second-order valence-corrected chi connectivity index (χ2v) is 4.76. The lowest BCUT2D eigenvalue weighted by molar-refractivity contribution is -0.124. The second kappa shape index (κ2) is 7.75. The van der Waals surface area contributed by atoms with Crippen LogP contribution in [0.2, 0.25) is 0 Å². The van der Waals surface area contributed by atoms with Crippen molar-refractivity contribution in [1.29, 1.82) is 0 Å². The molecule has 1 aromatic carbocycles. The Kier molecular flexibility index (Phi) is 6.31. The maximum atomic E-state index is 11.3. The lowest BCUT2D eigenvalue weighted by Gasteiger charge is -2.19. The average molecular weight is 280 g/mol. The molecule has 0 fully saturated rings. The van der Waals surface area contributed by atoms with Crippen LogP contribution in [0.4, 0.5) is 0 Å². The number of hydrogen-bond donors (Lipinski definition) is 2. The molecule has 2 atom stereocenters. The van der Waals surface area contributed by atoms with Gasteiger partial charge in [-0.3, -0.25) is 4.79 Å². The molecule has 4 N–H and O–H groups in total. The SMILES string of the molecule is CCC(N)Cc1ccc(OC)cc1OC(CC)C(N)=O. The molecule has 1 aromatic rings. The molecule has 0 saturated heterocycles. The minimum atomic E-state index is -0.640. The molecular weight excluding hydrogens is 256 g/mol. The zero-order valence-electron chi connectivity index (χ0n) is 12.4. The third kappa shape index (κ3) is 4.42. The molecule has 0 aliphatic rings. The fourth-order valence-electron chi connectivity index (χ4n) is 1.86. The van der Waals surface area contributed by atoms with E-state index in [2.05, 4.69) is 0 Å². The number of carbonyl (C=O) groups excluding carboxylic acids is 1. The standard InChI is InChI=1S/C15H24N2O3/c1-4-11(16)8-10-6-7-12(19-3)9-14(10)20-13(5-2)15(17)18/h6-7,9,11,13H,4-5,8,16H2,1-3H3,(H2,17,18). The molecule has 0 aromatic heterocycles. The molecule has 5 heteroatoms. The molecule has 0 saturated carbocycles. The Morgan fingerprint density at radius 2 is 2.00 bits per heavy atom. The highest BCUT2D eigenvalue weighted by Gasteiger charge is 2.18.